The molecule has 2 N–H and O–H groups in total. The van der Waals surface area contributed by atoms with Gasteiger partial charge in [-0.05, 0) is 42.8 Å². The monoisotopic (exact) mass is 572 g/mol. The van der Waals surface area contributed by atoms with E-state index >= 15 is 0 Å². The smallest absolute Gasteiger partial charge is 0.194 e. The number of aliphatic imine (C=N–C) groups is 1. The molecule has 1 fully saturated rings. The molecule has 0 atom stereocenters. The largest absolute Gasteiger partial charge is 0.497 e. The normalized spacial score (nSPS) is 14.6. The lowest BCUT2D eigenvalue weighted by atomic mass is 10.1. The van der Waals surface area contributed by atoms with Crippen LogP contribution in [-0.4, -0.2) is 67.8 Å². The lowest BCUT2D eigenvalue weighted by Crippen LogP contribution is -2.52. The summed E-state index contributed by atoms with van der Waals surface area (Å²) < 4.78 is 24.5. The summed E-state index contributed by atoms with van der Waals surface area (Å²) in [6.45, 7) is 7.22. The van der Waals surface area contributed by atoms with Crippen molar-refractivity contribution in [3.05, 3.63) is 58.9 Å². The molecular weight excluding hydrogens is 538 g/mol. The number of ether oxygens (including phenoxy) is 2. The number of guanidine groups is 1. The minimum absolute atomic E-state index is 0. The first kappa shape index (κ1) is 27.1. The molecule has 182 valence electrons. The number of nitrogens with zero attached hydrogens (tertiary/aromatic N) is 3. The third-order valence-corrected chi connectivity index (χ3v) is 5.58. The number of hydrogen-bond acceptors (Lipinski definition) is 5. The van der Waals surface area contributed by atoms with Crippen LogP contribution < -0.4 is 14.8 Å². The molecule has 3 rings (SSSR count). The maximum Gasteiger partial charge on any atom is 0.194 e. The van der Waals surface area contributed by atoms with Gasteiger partial charge in [0.25, 0.3) is 0 Å². The molecule has 9 heteroatoms. The molecule has 0 radical (unpaired) electrons. The summed E-state index contributed by atoms with van der Waals surface area (Å²) in [4.78, 5) is 9.39. The zero-order chi connectivity index (χ0) is 22.9. The zero-order valence-electron chi connectivity index (χ0n) is 19.5. The Morgan fingerprint density at radius 1 is 1.06 bits per heavy atom. The van der Waals surface area contributed by atoms with Gasteiger partial charge in [0.1, 0.15) is 17.3 Å². The fraction of sp³-hybridized carbons (Fsp3) is 0.458. The van der Waals surface area contributed by atoms with Gasteiger partial charge >= 0.3 is 0 Å². The van der Waals surface area contributed by atoms with Crippen LogP contribution in [0.15, 0.2) is 41.4 Å². The van der Waals surface area contributed by atoms with Crippen molar-refractivity contribution in [1.82, 2.24) is 15.1 Å². The van der Waals surface area contributed by atoms with Crippen molar-refractivity contribution >= 4 is 29.9 Å². The van der Waals surface area contributed by atoms with E-state index in [-0.39, 0.29) is 30.6 Å². The van der Waals surface area contributed by atoms with Crippen LogP contribution in [0.2, 0.25) is 0 Å². The predicted molar refractivity (Wildman–Crippen MR) is 139 cm³/mol. The molecule has 0 bridgehead atoms. The Bertz CT molecular complexity index is 921. The zero-order valence-corrected chi connectivity index (χ0v) is 21.8. The highest BCUT2D eigenvalue weighted by atomic mass is 127. The average Bonchev–Trinajstić information content (AvgIpc) is 2.83. The number of aliphatic hydroxyl groups is 1. The number of halogens is 2. The highest BCUT2D eigenvalue weighted by molar-refractivity contribution is 14.0. The van der Waals surface area contributed by atoms with Gasteiger partial charge in [0, 0.05) is 50.4 Å². The molecule has 0 unspecified atom stereocenters. The molecule has 33 heavy (non-hydrogen) atoms. The lowest BCUT2D eigenvalue weighted by Gasteiger charge is -2.36. The van der Waals surface area contributed by atoms with Gasteiger partial charge in [-0.2, -0.15) is 0 Å². The van der Waals surface area contributed by atoms with E-state index in [9.17, 15) is 9.50 Å². The van der Waals surface area contributed by atoms with Crippen LogP contribution in [0.5, 0.6) is 11.5 Å². The first-order chi connectivity index (χ1) is 15.6. The van der Waals surface area contributed by atoms with E-state index in [0.29, 0.717) is 12.1 Å². The summed E-state index contributed by atoms with van der Waals surface area (Å²) in [5, 5.41) is 12.6. The van der Waals surface area contributed by atoms with Gasteiger partial charge < -0.3 is 24.8 Å². The predicted octanol–water partition coefficient (Wildman–Crippen LogP) is 3.24. The summed E-state index contributed by atoms with van der Waals surface area (Å²) in [5.41, 5.74) is 2.27. The fourth-order valence-electron chi connectivity index (χ4n) is 3.80. The van der Waals surface area contributed by atoms with Crippen LogP contribution in [0.3, 0.4) is 0 Å². The first-order valence-corrected chi connectivity index (χ1v) is 10.9. The summed E-state index contributed by atoms with van der Waals surface area (Å²) in [7, 11) is 3.36. The van der Waals surface area contributed by atoms with Crippen molar-refractivity contribution in [3.63, 3.8) is 0 Å². The summed E-state index contributed by atoms with van der Waals surface area (Å²) in [6.07, 6.45) is 0. The van der Waals surface area contributed by atoms with E-state index in [1.807, 2.05) is 25.1 Å². The molecule has 1 saturated heterocycles. The van der Waals surface area contributed by atoms with Crippen LogP contribution in [-0.2, 0) is 19.7 Å². The summed E-state index contributed by atoms with van der Waals surface area (Å²) in [5.74, 6) is 2.15. The molecule has 1 aliphatic rings. The Kier molecular flexibility index (Phi) is 11.2. The van der Waals surface area contributed by atoms with Gasteiger partial charge in [-0.25, -0.2) is 9.38 Å². The van der Waals surface area contributed by atoms with E-state index in [1.54, 1.807) is 26.4 Å². The molecule has 2 aromatic rings. The number of aliphatic hydroxyl groups excluding tert-OH is 1. The van der Waals surface area contributed by atoms with E-state index in [0.717, 1.165) is 67.9 Å². The molecule has 0 aromatic heterocycles. The first-order valence-electron chi connectivity index (χ1n) is 10.9. The Balaban J connectivity index is 0.00000385. The lowest BCUT2D eigenvalue weighted by molar-refractivity contribution is 0.171. The van der Waals surface area contributed by atoms with Gasteiger partial charge in [0.05, 0.1) is 27.4 Å². The van der Waals surface area contributed by atoms with Crippen LogP contribution in [0.4, 0.5) is 4.39 Å². The quantitative estimate of drug-likeness (QED) is 0.288. The Labute approximate surface area is 212 Å². The van der Waals surface area contributed by atoms with Gasteiger partial charge in [-0.1, -0.05) is 6.07 Å². The van der Waals surface area contributed by atoms with E-state index in [1.165, 1.54) is 6.07 Å². The number of methoxy groups -OCH3 is 2. The highest BCUT2D eigenvalue weighted by Gasteiger charge is 2.21. The molecule has 0 amide bonds. The summed E-state index contributed by atoms with van der Waals surface area (Å²) >= 11 is 0. The van der Waals surface area contributed by atoms with Crippen LogP contribution in [0, 0.1) is 5.82 Å². The second kappa shape index (κ2) is 13.6. The third kappa shape index (κ3) is 7.44. The number of hydrogen-bond donors (Lipinski definition) is 2. The van der Waals surface area contributed by atoms with Crippen molar-refractivity contribution in [2.75, 3.05) is 46.9 Å². The average molecular weight is 572 g/mol. The van der Waals surface area contributed by atoms with Crippen molar-refractivity contribution in [1.29, 1.82) is 0 Å². The van der Waals surface area contributed by atoms with E-state index < -0.39 is 5.82 Å². The molecule has 0 saturated carbocycles. The third-order valence-electron chi connectivity index (χ3n) is 5.58. The second-order valence-corrected chi connectivity index (χ2v) is 7.70. The van der Waals surface area contributed by atoms with Crippen molar-refractivity contribution in [3.8, 4) is 11.5 Å². The Hall–Kier alpha value is -2.11. The van der Waals surface area contributed by atoms with Gasteiger partial charge in [-0.3, -0.25) is 4.90 Å². The minimum atomic E-state index is -0.393. The Morgan fingerprint density at radius 3 is 2.45 bits per heavy atom. The Morgan fingerprint density at radius 2 is 1.82 bits per heavy atom. The fourth-order valence-corrected chi connectivity index (χ4v) is 3.80. The number of rotatable bonds is 8. The van der Waals surface area contributed by atoms with Crippen molar-refractivity contribution in [2.45, 2.75) is 26.6 Å². The highest BCUT2D eigenvalue weighted by Crippen LogP contribution is 2.25. The topological polar surface area (TPSA) is 69.6 Å². The molecular formula is C24H34FIN4O3. The van der Waals surface area contributed by atoms with Gasteiger partial charge in [-0.15, -0.1) is 24.0 Å². The molecule has 1 aliphatic heterocycles. The molecule has 0 spiro atoms. The van der Waals surface area contributed by atoms with Gasteiger partial charge in [0.15, 0.2) is 5.96 Å². The summed E-state index contributed by atoms with van der Waals surface area (Å²) in [6, 6.07) is 10.6. The van der Waals surface area contributed by atoms with Crippen LogP contribution in [0.25, 0.3) is 0 Å². The molecule has 2 aromatic carbocycles. The standard InChI is InChI=1S/C24H33FN4O3.HI/c1-4-26-24(27-15-18-5-7-22(25)20(13-18)17-30)29-11-9-28(10-12-29)16-19-14-21(31-2)6-8-23(19)32-3;/h5-8,13-14,30H,4,9-12,15-17H2,1-3H3,(H,26,27);1H. The SMILES string of the molecule is CCNC(=NCc1ccc(F)c(CO)c1)N1CCN(Cc2cc(OC)ccc2OC)CC1.I. The van der Waals surface area contributed by atoms with Crippen molar-refractivity contribution < 1.29 is 19.0 Å². The number of nitrogens with one attached hydrogen (secondary N) is 1. The maximum absolute atomic E-state index is 13.6. The minimum Gasteiger partial charge on any atom is -0.497 e. The van der Waals surface area contributed by atoms with E-state index in [4.69, 9.17) is 14.5 Å². The molecule has 1 heterocycles. The number of benzene rings is 2. The molecule has 0 aliphatic carbocycles. The molecule has 7 nitrogen and oxygen atoms in total. The maximum atomic E-state index is 13.6. The second-order valence-electron chi connectivity index (χ2n) is 7.70. The van der Waals surface area contributed by atoms with E-state index in [2.05, 4.69) is 15.1 Å². The van der Waals surface area contributed by atoms with Crippen molar-refractivity contribution in [2.24, 2.45) is 4.99 Å². The van der Waals surface area contributed by atoms with Crippen LogP contribution >= 0.6 is 24.0 Å². The number of piperazine rings is 1. The van der Waals surface area contributed by atoms with Gasteiger partial charge in [0.2, 0.25) is 0 Å². The van der Waals surface area contributed by atoms with Crippen LogP contribution in [0.1, 0.15) is 23.6 Å².